The fourth-order valence-electron chi connectivity index (χ4n) is 2.22. The molecule has 1 saturated heterocycles. The number of hydrogen-bond donors (Lipinski definition) is 1. The van der Waals surface area contributed by atoms with Crippen molar-refractivity contribution in [3.8, 4) is 5.75 Å². The monoisotopic (exact) mass is 402 g/mol. The molecule has 0 aliphatic carbocycles. The maximum absolute atomic E-state index is 12.1. The molecule has 0 atom stereocenters. The molecule has 0 aromatic heterocycles. The van der Waals surface area contributed by atoms with Crippen LogP contribution in [0.3, 0.4) is 0 Å². The number of aliphatic imine (C=N–C) groups is 1. The van der Waals surface area contributed by atoms with Gasteiger partial charge in [-0.05, 0) is 76.1 Å². The number of hydrogen-bond acceptors (Lipinski definition) is 4. The second-order valence-electron chi connectivity index (χ2n) is 5.21. The molecule has 2 aromatic carbocycles. The molecule has 24 heavy (non-hydrogen) atoms. The summed E-state index contributed by atoms with van der Waals surface area (Å²) in [6.45, 7) is 2.01. The summed E-state index contributed by atoms with van der Waals surface area (Å²) in [6.07, 6.45) is 1.84. The van der Waals surface area contributed by atoms with E-state index in [1.807, 2.05) is 55.5 Å². The minimum absolute atomic E-state index is 0.140. The maximum Gasteiger partial charge on any atom is 0.264 e. The van der Waals surface area contributed by atoms with Gasteiger partial charge in [-0.2, -0.15) is 0 Å². The lowest BCUT2D eigenvalue weighted by atomic mass is 10.2. The maximum atomic E-state index is 12.1. The highest BCUT2D eigenvalue weighted by molar-refractivity contribution is 9.10. The Bertz CT molecular complexity index is 862. The molecule has 0 radical (unpaired) electrons. The van der Waals surface area contributed by atoms with Crippen LogP contribution in [0.4, 0.5) is 5.69 Å². The Kier molecular flexibility index (Phi) is 5.06. The predicted molar refractivity (Wildman–Crippen MR) is 103 cm³/mol. The number of carbonyl (C=O) groups is 1. The minimum Gasteiger partial charge on any atom is -0.496 e. The zero-order valence-electron chi connectivity index (χ0n) is 13.2. The number of nitrogens with one attached hydrogen (secondary N) is 1. The van der Waals surface area contributed by atoms with E-state index in [-0.39, 0.29) is 5.91 Å². The highest BCUT2D eigenvalue weighted by Crippen LogP contribution is 2.31. The Morgan fingerprint density at radius 2 is 2.08 bits per heavy atom. The third-order valence-corrected chi connectivity index (χ3v) is 4.89. The van der Waals surface area contributed by atoms with E-state index in [9.17, 15) is 4.79 Å². The van der Waals surface area contributed by atoms with Crippen molar-refractivity contribution in [2.45, 2.75) is 6.92 Å². The zero-order chi connectivity index (χ0) is 17.1. The summed E-state index contributed by atoms with van der Waals surface area (Å²) in [4.78, 5) is 17.2. The van der Waals surface area contributed by atoms with Crippen LogP contribution in [0.2, 0.25) is 0 Å². The Hall–Kier alpha value is -2.05. The average molecular weight is 403 g/mol. The van der Waals surface area contributed by atoms with Crippen LogP contribution < -0.4 is 10.1 Å². The van der Waals surface area contributed by atoms with E-state index in [1.54, 1.807) is 7.11 Å². The van der Waals surface area contributed by atoms with Gasteiger partial charge in [-0.1, -0.05) is 18.2 Å². The van der Waals surface area contributed by atoms with Crippen molar-refractivity contribution in [3.63, 3.8) is 0 Å². The van der Waals surface area contributed by atoms with Crippen LogP contribution in [0, 0.1) is 6.92 Å². The molecule has 1 aliphatic heterocycles. The topological polar surface area (TPSA) is 50.7 Å². The smallest absolute Gasteiger partial charge is 0.264 e. The van der Waals surface area contributed by atoms with Crippen LogP contribution in [-0.4, -0.2) is 18.2 Å². The molecule has 6 heteroatoms. The Morgan fingerprint density at radius 1 is 1.25 bits per heavy atom. The molecule has 4 nitrogen and oxygen atoms in total. The van der Waals surface area contributed by atoms with Crippen LogP contribution in [0.25, 0.3) is 6.08 Å². The van der Waals surface area contributed by atoms with E-state index in [1.165, 1.54) is 11.8 Å². The van der Waals surface area contributed by atoms with Crippen molar-refractivity contribution < 1.29 is 9.53 Å². The number of aryl methyl sites for hydroxylation is 1. The molecular formula is C18H15BrN2O2S. The van der Waals surface area contributed by atoms with Gasteiger partial charge in [-0.3, -0.25) is 4.79 Å². The van der Waals surface area contributed by atoms with Crippen LogP contribution in [0.1, 0.15) is 11.1 Å². The first-order chi connectivity index (χ1) is 11.5. The van der Waals surface area contributed by atoms with Gasteiger partial charge in [-0.25, -0.2) is 4.99 Å². The first-order valence-electron chi connectivity index (χ1n) is 7.25. The largest absolute Gasteiger partial charge is 0.496 e. The molecule has 2 aromatic rings. The van der Waals surface area contributed by atoms with Gasteiger partial charge in [0.15, 0.2) is 5.17 Å². The van der Waals surface area contributed by atoms with Gasteiger partial charge in [0, 0.05) is 0 Å². The second kappa shape index (κ2) is 7.23. The Labute approximate surface area is 153 Å². The number of benzene rings is 2. The standard InChI is InChI=1S/C18H15BrN2O2S/c1-11-4-3-5-13(8-11)20-18-21-17(22)16(24-18)10-12-6-7-15(23-2)14(19)9-12/h3-10H,1-2H3,(H,20,21,22). The molecule has 0 bridgehead atoms. The van der Waals surface area contributed by atoms with E-state index < -0.39 is 0 Å². The van der Waals surface area contributed by atoms with E-state index >= 15 is 0 Å². The molecular weight excluding hydrogens is 388 g/mol. The number of amidine groups is 1. The third-order valence-electron chi connectivity index (χ3n) is 3.36. The predicted octanol–water partition coefficient (Wildman–Crippen LogP) is 4.66. The Balaban J connectivity index is 1.83. The van der Waals surface area contributed by atoms with Crippen molar-refractivity contribution in [2.75, 3.05) is 7.11 Å². The van der Waals surface area contributed by atoms with Gasteiger partial charge in [0.1, 0.15) is 5.75 Å². The quantitative estimate of drug-likeness (QED) is 0.759. The second-order valence-corrected chi connectivity index (χ2v) is 7.10. The van der Waals surface area contributed by atoms with Crippen LogP contribution in [-0.2, 0) is 4.79 Å². The first kappa shape index (κ1) is 16.8. The fourth-order valence-corrected chi connectivity index (χ4v) is 3.62. The SMILES string of the molecule is COc1ccc(C=C2SC(=Nc3cccc(C)c3)NC2=O)cc1Br. The Morgan fingerprint density at radius 3 is 2.79 bits per heavy atom. The van der Waals surface area contributed by atoms with Crippen molar-refractivity contribution in [3.05, 3.63) is 63.0 Å². The number of halogens is 1. The van der Waals surface area contributed by atoms with Crippen molar-refractivity contribution >= 4 is 50.5 Å². The van der Waals surface area contributed by atoms with E-state index in [0.717, 1.165) is 27.0 Å². The molecule has 0 unspecified atom stereocenters. The molecule has 1 heterocycles. The van der Waals surface area contributed by atoms with E-state index in [2.05, 4.69) is 26.2 Å². The number of amides is 1. The summed E-state index contributed by atoms with van der Waals surface area (Å²) in [5.74, 6) is 0.612. The fraction of sp³-hybridized carbons (Fsp3) is 0.111. The number of ether oxygens (including phenoxy) is 1. The normalized spacial score (nSPS) is 17.4. The van der Waals surface area contributed by atoms with E-state index in [4.69, 9.17) is 4.74 Å². The van der Waals surface area contributed by atoms with Gasteiger partial charge in [0.2, 0.25) is 0 Å². The molecule has 0 saturated carbocycles. The first-order valence-corrected chi connectivity index (χ1v) is 8.86. The highest BCUT2D eigenvalue weighted by Gasteiger charge is 2.23. The molecule has 0 spiro atoms. The van der Waals surface area contributed by atoms with Gasteiger partial charge in [0.05, 0.1) is 22.2 Å². The van der Waals surface area contributed by atoms with Gasteiger partial charge < -0.3 is 10.1 Å². The van der Waals surface area contributed by atoms with Crippen molar-refractivity contribution in [2.24, 2.45) is 4.99 Å². The number of methoxy groups -OCH3 is 1. The minimum atomic E-state index is -0.140. The van der Waals surface area contributed by atoms with Crippen molar-refractivity contribution in [1.82, 2.24) is 5.32 Å². The molecule has 3 rings (SSSR count). The summed E-state index contributed by atoms with van der Waals surface area (Å²) in [7, 11) is 1.62. The van der Waals surface area contributed by atoms with E-state index in [0.29, 0.717) is 10.1 Å². The number of thioether (sulfide) groups is 1. The van der Waals surface area contributed by atoms with Gasteiger partial charge in [-0.15, -0.1) is 0 Å². The van der Waals surface area contributed by atoms with Crippen LogP contribution >= 0.6 is 27.7 Å². The molecule has 1 aliphatic rings. The summed E-state index contributed by atoms with van der Waals surface area (Å²) in [6, 6.07) is 13.5. The van der Waals surface area contributed by atoms with Crippen LogP contribution in [0.5, 0.6) is 5.75 Å². The number of nitrogens with zero attached hydrogens (tertiary/aromatic N) is 1. The molecule has 1 N–H and O–H groups in total. The lowest BCUT2D eigenvalue weighted by molar-refractivity contribution is -0.115. The number of carbonyl (C=O) groups excluding carboxylic acids is 1. The zero-order valence-corrected chi connectivity index (χ0v) is 15.6. The van der Waals surface area contributed by atoms with Gasteiger partial charge in [0.25, 0.3) is 5.91 Å². The van der Waals surface area contributed by atoms with Crippen molar-refractivity contribution in [1.29, 1.82) is 0 Å². The lowest BCUT2D eigenvalue weighted by Gasteiger charge is -2.03. The van der Waals surface area contributed by atoms with Crippen LogP contribution in [0.15, 0.2) is 56.8 Å². The molecule has 1 amide bonds. The summed E-state index contributed by atoms with van der Waals surface area (Å²) >= 11 is 4.78. The molecule has 122 valence electrons. The summed E-state index contributed by atoms with van der Waals surface area (Å²) in [5.41, 5.74) is 2.87. The highest BCUT2D eigenvalue weighted by atomic mass is 79.9. The van der Waals surface area contributed by atoms with Gasteiger partial charge >= 0.3 is 0 Å². The summed E-state index contributed by atoms with van der Waals surface area (Å²) in [5, 5.41) is 3.39. The summed E-state index contributed by atoms with van der Waals surface area (Å²) < 4.78 is 6.06. The lowest BCUT2D eigenvalue weighted by Crippen LogP contribution is -2.19. The number of rotatable bonds is 3. The third kappa shape index (κ3) is 3.88. The molecule has 1 fully saturated rings. The average Bonchev–Trinajstić information content (AvgIpc) is 2.87.